The van der Waals surface area contributed by atoms with E-state index >= 15 is 0 Å². The average Bonchev–Trinajstić information content (AvgIpc) is 3.25. The van der Waals surface area contributed by atoms with Crippen molar-refractivity contribution in [3.05, 3.63) is 138 Å². The van der Waals surface area contributed by atoms with Gasteiger partial charge in [0.2, 0.25) is 0 Å². The van der Waals surface area contributed by atoms with E-state index in [9.17, 15) is 9.59 Å². The third-order valence-corrected chi connectivity index (χ3v) is 7.07. The van der Waals surface area contributed by atoms with E-state index in [2.05, 4.69) is 41.3 Å². The zero-order chi connectivity index (χ0) is 22.4. The summed E-state index contributed by atoms with van der Waals surface area (Å²) >= 11 is 0. The van der Waals surface area contributed by atoms with Crippen LogP contribution < -0.4 is 4.90 Å². The van der Waals surface area contributed by atoms with Gasteiger partial charge in [-0.1, -0.05) is 103 Å². The third kappa shape index (κ3) is 3.04. The van der Waals surface area contributed by atoms with Crippen LogP contribution in [-0.2, 0) is 0 Å². The minimum Gasteiger partial charge on any atom is -0.356 e. The second-order valence-corrected chi connectivity index (χ2v) is 8.78. The van der Waals surface area contributed by atoms with E-state index in [1.165, 1.54) is 0 Å². The first-order valence-corrected chi connectivity index (χ1v) is 11.4. The van der Waals surface area contributed by atoms with Gasteiger partial charge in [-0.15, -0.1) is 0 Å². The van der Waals surface area contributed by atoms with Crippen LogP contribution in [-0.4, -0.2) is 11.6 Å². The molecule has 33 heavy (non-hydrogen) atoms. The molecule has 0 radical (unpaired) electrons. The SMILES string of the molecule is O=C1c2ccccc2C(=O)[C@H]2[C@H]1[C@H](c1ccccc1)N(c1ccccc1)[C@H]2c1ccccc1. The molecule has 1 fully saturated rings. The second kappa shape index (κ2) is 7.86. The molecule has 3 heteroatoms. The monoisotopic (exact) mass is 429 g/mol. The lowest BCUT2D eigenvalue weighted by Gasteiger charge is -2.34. The van der Waals surface area contributed by atoms with Gasteiger partial charge >= 0.3 is 0 Å². The Balaban J connectivity index is 1.64. The van der Waals surface area contributed by atoms with Crippen molar-refractivity contribution in [3.63, 3.8) is 0 Å². The van der Waals surface area contributed by atoms with Gasteiger partial charge in [0.05, 0.1) is 23.9 Å². The highest BCUT2D eigenvalue weighted by Crippen LogP contribution is 2.57. The highest BCUT2D eigenvalue weighted by molar-refractivity contribution is 6.17. The number of hydrogen-bond acceptors (Lipinski definition) is 3. The van der Waals surface area contributed by atoms with Crippen molar-refractivity contribution >= 4 is 17.3 Å². The number of rotatable bonds is 3. The molecule has 0 saturated carbocycles. The average molecular weight is 430 g/mol. The minimum absolute atomic E-state index is 0.0587. The number of Topliss-reactive ketones (excluding diaryl/α,β-unsaturated/α-hetero) is 2. The van der Waals surface area contributed by atoms with E-state index in [0.717, 1.165) is 16.8 Å². The van der Waals surface area contributed by atoms with Crippen LogP contribution in [0.3, 0.4) is 0 Å². The van der Waals surface area contributed by atoms with Gasteiger partial charge in [0.1, 0.15) is 0 Å². The molecule has 1 saturated heterocycles. The molecule has 0 N–H and O–H groups in total. The fourth-order valence-corrected chi connectivity index (χ4v) is 5.75. The van der Waals surface area contributed by atoms with Gasteiger partial charge in [-0.2, -0.15) is 0 Å². The van der Waals surface area contributed by atoms with E-state index < -0.39 is 11.8 Å². The van der Waals surface area contributed by atoms with E-state index in [0.29, 0.717) is 11.1 Å². The molecule has 6 rings (SSSR count). The lowest BCUT2D eigenvalue weighted by atomic mass is 9.69. The zero-order valence-electron chi connectivity index (χ0n) is 18.0. The van der Waals surface area contributed by atoms with Crippen LogP contribution in [0.2, 0.25) is 0 Å². The van der Waals surface area contributed by atoms with Crippen molar-refractivity contribution in [1.82, 2.24) is 0 Å². The Kier molecular flexibility index (Phi) is 4.69. The van der Waals surface area contributed by atoms with Crippen LogP contribution in [0.15, 0.2) is 115 Å². The smallest absolute Gasteiger partial charge is 0.169 e. The van der Waals surface area contributed by atoms with E-state index in [1.807, 2.05) is 66.7 Å². The molecule has 1 aliphatic heterocycles. The molecule has 0 spiro atoms. The number of para-hydroxylation sites is 1. The van der Waals surface area contributed by atoms with Gasteiger partial charge in [0, 0.05) is 16.8 Å². The second-order valence-electron chi connectivity index (χ2n) is 8.78. The Morgan fingerprint density at radius 1 is 0.455 bits per heavy atom. The maximum Gasteiger partial charge on any atom is 0.169 e. The summed E-state index contributed by atoms with van der Waals surface area (Å²) in [6, 6.07) is 37.3. The molecule has 0 aromatic heterocycles. The van der Waals surface area contributed by atoms with Gasteiger partial charge in [-0.3, -0.25) is 9.59 Å². The maximum absolute atomic E-state index is 14.0. The number of ketones is 2. The summed E-state index contributed by atoms with van der Waals surface area (Å²) in [5, 5.41) is 0. The number of nitrogens with zero attached hydrogens (tertiary/aromatic N) is 1. The Morgan fingerprint density at radius 3 is 1.24 bits per heavy atom. The number of fused-ring (bicyclic) bond motifs is 2. The molecular weight excluding hydrogens is 406 g/mol. The Morgan fingerprint density at radius 2 is 0.818 bits per heavy atom. The van der Waals surface area contributed by atoms with Crippen molar-refractivity contribution in [2.45, 2.75) is 12.1 Å². The summed E-state index contributed by atoms with van der Waals surface area (Å²) in [5.41, 5.74) is 4.21. The summed E-state index contributed by atoms with van der Waals surface area (Å²) in [5.74, 6) is -0.799. The first-order valence-electron chi connectivity index (χ1n) is 11.4. The Bertz CT molecular complexity index is 1230. The number of carbonyl (C=O) groups excluding carboxylic acids is 2. The molecular formula is C30H23NO2. The number of benzene rings is 4. The van der Waals surface area contributed by atoms with E-state index in [1.54, 1.807) is 12.1 Å². The minimum atomic E-state index is -0.458. The predicted molar refractivity (Wildman–Crippen MR) is 129 cm³/mol. The molecule has 4 atom stereocenters. The molecule has 1 aliphatic carbocycles. The van der Waals surface area contributed by atoms with Crippen molar-refractivity contribution in [2.75, 3.05) is 4.90 Å². The maximum atomic E-state index is 14.0. The molecule has 0 unspecified atom stereocenters. The molecule has 4 aromatic carbocycles. The molecule has 3 nitrogen and oxygen atoms in total. The van der Waals surface area contributed by atoms with Crippen molar-refractivity contribution in [2.24, 2.45) is 11.8 Å². The lowest BCUT2D eigenvalue weighted by molar-refractivity contribution is 0.0741. The van der Waals surface area contributed by atoms with Crippen LogP contribution in [0, 0.1) is 11.8 Å². The van der Waals surface area contributed by atoms with Gasteiger partial charge in [0.15, 0.2) is 11.6 Å². The topological polar surface area (TPSA) is 37.4 Å². The van der Waals surface area contributed by atoms with Crippen LogP contribution in [0.5, 0.6) is 0 Å². The van der Waals surface area contributed by atoms with Gasteiger partial charge < -0.3 is 4.90 Å². The van der Waals surface area contributed by atoms with Crippen LogP contribution >= 0.6 is 0 Å². The van der Waals surface area contributed by atoms with Crippen LogP contribution in [0.4, 0.5) is 5.69 Å². The molecule has 0 amide bonds. The van der Waals surface area contributed by atoms with E-state index in [-0.39, 0.29) is 23.7 Å². The van der Waals surface area contributed by atoms with Crippen molar-refractivity contribution in [1.29, 1.82) is 0 Å². The number of carbonyl (C=O) groups is 2. The van der Waals surface area contributed by atoms with Crippen molar-refractivity contribution in [3.8, 4) is 0 Å². The molecule has 4 aromatic rings. The van der Waals surface area contributed by atoms with Gasteiger partial charge in [-0.25, -0.2) is 0 Å². The molecule has 0 bridgehead atoms. The predicted octanol–water partition coefficient (Wildman–Crippen LogP) is 6.30. The number of hydrogen-bond donors (Lipinski definition) is 0. The largest absolute Gasteiger partial charge is 0.356 e. The van der Waals surface area contributed by atoms with E-state index in [4.69, 9.17) is 0 Å². The van der Waals surface area contributed by atoms with Crippen LogP contribution in [0.25, 0.3) is 0 Å². The normalized spacial score (nSPS) is 23.8. The Hall–Kier alpha value is -3.98. The summed E-state index contributed by atoms with van der Waals surface area (Å²) in [6.07, 6.45) is 0. The first kappa shape index (κ1) is 19.7. The fraction of sp³-hybridized carbons (Fsp3) is 0.133. The van der Waals surface area contributed by atoms with Crippen molar-refractivity contribution < 1.29 is 9.59 Å². The van der Waals surface area contributed by atoms with Gasteiger partial charge in [0.25, 0.3) is 0 Å². The zero-order valence-corrected chi connectivity index (χ0v) is 18.0. The molecule has 160 valence electrons. The molecule has 1 heterocycles. The summed E-state index contributed by atoms with van der Waals surface area (Å²) in [7, 11) is 0. The summed E-state index contributed by atoms with van der Waals surface area (Å²) in [6.45, 7) is 0. The third-order valence-electron chi connectivity index (χ3n) is 7.07. The fourth-order valence-electron chi connectivity index (χ4n) is 5.75. The highest BCUT2D eigenvalue weighted by Gasteiger charge is 2.58. The van der Waals surface area contributed by atoms with Gasteiger partial charge in [-0.05, 0) is 23.3 Å². The first-order chi connectivity index (χ1) is 16.3. The highest BCUT2D eigenvalue weighted by atomic mass is 16.1. The molecule has 2 aliphatic rings. The number of anilines is 1. The van der Waals surface area contributed by atoms with Crippen LogP contribution in [0.1, 0.15) is 43.9 Å². The Labute approximate surface area is 193 Å². The lowest BCUT2D eigenvalue weighted by Crippen LogP contribution is -2.37. The summed E-state index contributed by atoms with van der Waals surface area (Å²) < 4.78 is 0. The standard InChI is InChI=1S/C30H23NO2/c32-29-23-18-10-11-19-24(23)30(33)26-25(29)27(20-12-4-1-5-13-20)31(22-16-8-3-9-17-22)28(26)21-14-6-2-7-15-21/h1-19,25-28H/t25-,26-,27-,28-/m0/s1. The summed E-state index contributed by atoms with van der Waals surface area (Å²) in [4.78, 5) is 30.3. The quantitative estimate of drug-likeness (QED) is 0.383.